The van der Waals surface area contributed by atoms with E-state index in [1.54, 1.807) is 6.92 Å². The van der Waals surface area contributed by atoms with Crippen LogP contribution in [0.25, 0.3) is 0 Å². The zero-order valence-corrected chi connectivity index (χ0v) is 15.4. The number of amides is 1. The summed E-state index contributed by atoms with van der Waals surface area (Å²) >= 11 is 5.90. The monoisotopic (exact) mass is 389 g/mol. The predicted molar refractivity (Wildman–Crippen MR) is 88.5 cm³/mol. The SMILES string of the molecule is CC[C@@H](C)[C@H](NC(=O)c1c(F)cccc1Cl)c1nnc(S(C)(=O)=O)o1. The predicted octanol–water partition coefficient (Wildman–Crippen LogP) is 2.78. The molecule has 2 rings (SSSR count). The zero-order valence-electron chi connectivity index (χ0n) is 13.8. The maximum atomic E-state index is 13.9. The molecule has 10 heteroatoms. The van der Waals surface area contributed by atoms with Gasteiger partial charge in [0.1, 0.15) is 11.9 Å². The van der Waals surface area contributed by atoms with E-state index < -0.39 is 32.8 Å². The van der Waals surface area contributed by atoms with Gasteiger partial charge < -0.3 is 9.73 Å². The Labute approximate surface area is 149 Å². The van der Waals surface area contributed by atoms with Crippen molar-refractivity contribution < 1.29 is 22.0 Å². The second-order valence-electron chi connectivity index (χ2n) is 5.61. The number of benzene rings is 1. The minimum atomic E-state index is -3.68. The van der Waals surface area contributed by atoms with Crippen LogP contribution in [0.5, 0.6) is 0 Å². The number of carbonyl (C=O) groups excluding carboxylic acids is 1. The standard InChI is InChI=1S/C15H17ClFN3O4S/c1-4-8(2)12(14-19-20-15(24-14)25(3,22)23)18-13(21)11-9(16)6-5-7-10(11)17/h5-8,12H,4H2,1-3H3,(H,18,21)/t8-,12+/m1/s1. The third-order valence-corrected chi connectivity index (χ3v) is 4.81. The fraction of sp³-hybridized carbons (Fsp3) is 0.400. The Balaban J connectivity index is 2.36. The van der Waals surface area contributed by atoms with Crippen LogP contribution in [0.2, 0.25) is 5.02 Å². The lowest BCUT2D eigenvalue weighted by Crippen LogP contribution is -2.33. The van der Waals surface area contributed by atoms with Crippen molar-refractivity contribution in [3.8, 4) is 0 Å². The summed E-state index contributed by atoms with van der Waals surface area (Å²) in [6, 6.07) is 3.10. The van der Waals surface area contributed by atoms with E-state index in [0.29, 0.717) is 6.42 Å². The van der Waals surface area contributed by atoms with Gasteiger partial charge in [-0.05, 0) is 18.1 Å². The molecule has 136 valence electrons. The molecule has 1 amide bonds. The summed E-state index contributed by atoms with van der Waals surface area (Å²) in [6.45, 7) is 3.67. The van der Waals surface area contributed by atoms with Gasteiger partial charge in [0.25, 0.3) is 5.91 Å². The van der Waals surface area contributed by atoms with E-state index in [4.69, 9.17) is 16.0 Å². The third-order valence-electron chi connectivity index (χ3n) is 3.69. The number of nitrogens with one attached hydrogen (secondary N) is 1. The van der Waals surface area contributed by atoms with Gasteiger partial charge in [-0.3, -0.25) is 4.79 Å². The first-order valence-electron chi connectivity index (χ1n) is 7.43. The van der Waals surface area contributed by atoms with E-state index in [1.165, 1.54) is 12.1 Å². The van der Waals surface area contributed by atoms with Gasteiger partial charge in [0.15, 0.2) is 0 Å². The van der Waals surface area contributed by atoms with Crippen molar-refractivity contribution in [2.75, 3.05) is 6.26 Å². The van der Waals surface area contributed by atoms with Crippen molar-refractivity contribution in [1.82, 2.24) is 15.5 Å². The van der Waals surface area contributed by atoms with Crippen molar-refractivity contribution in [3.05, 3.63) is 40.5 Å². The van der Waals surface area contributed by atoms with Gasteiger partial charge in [-0.2, -0.15) is 0 Å². The van der Waals surface area contributed by atoms with Gasteiger partial charge in [0.2, 0.25) is 15.7 Å². The molecule has 0 radical (unpaired) electrons. The van der Waals surface area contributed by atoms with Crippen LogP contribution in [0.1, 0.15) is 42.6 Å². The number of nitrogens with zero attached hydrogens (tertiary/aromatic N) is 2. The summed E-state index contributed by atoms with van der Waals surface area (Å²) in [6.07, 6.45) is 1.55. The first-order chi connectivity index (χ1) is 11.6. The van der Waals surface area contributed by atoms with Gasteiger partial charge in [-0.25, -0.2) is 12.8 Å². The molecule has 25 heavy (non-hydrogen) atoms. The molecule has 0 aliphatic carbocycles. The molecule has 1 aromatic heterocycles. The first kappa shape index (κ1) is 19.3. The quantitative estimate of drug-likeness (QED) is 0.814. The summed E-state index contributed by atoms with van der Waals surface area (Å²) in [4.78, 5) is 12.5. The van der Waals surface area contributed by atoms with Crippen molar-refractivity contribution in [2.45, 2.75) is 31.5 Å². The molecule has 1 heterocycles. The Bertz CT molecular complexity index is 864. The van der Waals surface area contributed by atoms with E-state index in [0.717, 1.165) is 12.3 Å². The van der Waals surface area contributed by atoms with Gasteiger partial charge in [0, 0.05) is 6.26 Å². The average molecular weight is 390 g/mol. The number of rotatable bonds is 6. The Morgan fingerprint density at radius 1 is 1.40 bits per heavy atom. The van der Waals surface area contributed by atoms with Gasteiger partial charge >= 0.3 is 5.22 Å². The molecule has 2 atom stereocenters. The zero-order chi connectivity index (χ0) is 18.8. The van der Waals surface area contributed by atoms with Gasteiger partial charge in [-0.15, -0.1) is 5.10 Å². The van der Waals surface area contributed by atoms with Crippen LogP contribution in [0.15, 0.2) is 27.8 Å². The van der Waals surface area contributed by atoms with E-state index in [-0.39, 0.29) is 22.4 Å². The fourth-order valence-electron chi connectivity index (χ4n) is 2.11. The molecule has 0 spiro atoms. The highest BCUT2D eigenvalue weighted by atomic mass is 35.5. The number of carbonyl (C=O) groups is 1. The molecule has 1 N–H and O–H groups in total. The first-order valence-corrected chi connectivity index (χ1v) is 9.70. The largest absolute Gasteiger partial charge is 0.410 e. The highest BCUT2D eigenvalue weighted by molar-refractivity contribution is 7.90. The summed E-state index contributed by atoms with van der Waals surface area (Å²) < 4.78 is 42.1. The highest BCUT2D eigenvalue weighted by Gasteiger charge is 2.29. The second-order valence-corrected chi connectivity index (χ2v) is 7.91. The van der Waals surface area contributed by atoms with Crippen LogP contribution in [0.3, 0.4) is 0 Å². The van der Waals surface area contributed by atoms with Crippen molar-refractivity contribution in [1.29, 1.82) is 0 Å². The molecule has 0 saturated carbocycles. The van der Waals surface area contributed by atoms with Crippen LogP contribution in [-0.2, 0) is 9.84 Å². The van der Waals surface area contributed by atoms with Gasteiger partial charge in [0.05, 0.1) is 10.6 Å². The molecule has 0 bridgehead atoms. The normalized spacial score (nSPS) is 14.1. The van der Waals surface area contributed by atoms with E-state index in [2.05, 4.69) is 15.5 Å². The highest BCUT2D eigenvalue weighted by Crippen LogP contribution is 2.26. The molecule has 2 aromatic rings. The maximum Gasteiger partial charge on any atom is 0.335 e. The fourth-order valence-corrected chi connectivity index (χ4v) is 2.78. The lowest BCUT2D eigenvalue weighted by atomic mass is 9.98. The van der Waals surface area contributed by atoms with Crippen LogP contribution >= 0.6 is 11.6 Å². The topological polar surface area (TPSA) is 102 Å². The lowest BCUT2D eigenvalue weighted by molar-refractivity contribution is 0.0907. The smallest absolute Gasteiger partial charge is 0.335 e. The minimum Gasteiger partial charge on any atom is -0.410 e. The Kier molecular flexibility index (Phi) is 5.79. The Morgan fingerprint density at radius 2 is 2.08 bits per heavy atom. The summed E-state index contributed by atoms with van der Waals surface area (Å²) in [7, 11) is -3.68. The lowest BCUT2D eigenvalue weighted by Gasteiger charge is -2.21. The summed E-state index contributed by atoms with van der Waals surface area (Å²) in [5.41, 5.74) is -0.305. The van der Waals surface area contributed by atoms with E-state index in [1.807, 2.05) is 6.92 Å². The number of aromatic nitrogens is 2. The minimum absolute atomic E-state index is 0.0391. The number of hydrogen-bond donors (Lipinski definition) is 1. The Morgan fingerprint density at radius 3 is 2.60 bits per heavy atom. The molecule has 0 aliphatic heterocycles. The summed E-state index contributed by atoms with van der Waals surface area (Å²) in [5.74, 6) is -1.78. The molecule has 0 aliphatic rings. The Hall–Kier alpha value is -2.00. The molecule has 1 aromatic carbocycles. The van der Waals surface area contributed by atoms with Gasteiger partial charge in [-0.1, -0.05) is 43.0 Å². The van der Waals surface area contributed by atoms with Crippen LogP contribution < -0.4 is 5.32 Å². The molecule has 0 unspecified atom stereocenters. The van der Waals surface area contributed by atoms with E-state index >= 15 is 0 Å². The molecule has 0 fully saturated rings. The summed E-state index contributed by atoms with van der Waals surface area (Å²) in [5, 5.41) is 9.20. The van der Waals surface area contributed by atoms with E-state index in [9.17, 15) is 17.6 Å². The number of hydrogen-bond acceptors (Lipinski definition) is 6. The van der Waals surface area contributed by atoms with Crippen molar-refractivity contribution in [2.24, 2.45) is 5.92 Å². The molecular weight excluding hydrogens is 373 g/mol. The second kappa shape index (κ2) is 7.49. The molecule has 7 nitrogen and oxygen atoms in total. The number of halogens is 2. The molecular formula is C15H17ClFN3O4S. The average Bonchev–Trinajstić information content (AvgIpc) is 3.01. The maximum absolute atomic E-state index is 13.9. The van der Waals surface area contributed by atoms with Crippen LogP contribution in [0, 0.1) is 11.7 Å². The van der Waals surface area contributed by atoms with Crippen molar-refractivity contribution in [3.63, 3.8) is 0 Å². The molecule has 0 saturated heterocycles. The van der Waals surface area contributed by atoms with Crippen LogP contribution in [-0.4, -0.2) is 30.8 Å². The van der Waals surface area contributed by atoms with Crippen molar-refractivity contribution >= 4 is 27.3 Å². The third kappa shape index (κ3) is 4.35. The van der Waals surface area contributed by atoms with Crippen LogP contribution in [0.4, 0.5) is 4.39 Å². The number of sulfone groups is 1.